The Morgan fingerprint density at radius 3 is 2.58 bits per heavy atom. The molecule has 1 rings (SSSR count). The highest BCUT2D eigenvalue weighted by atomic mass is 127. The summed E-state index contributed by atoms with van der Waals surface area (Å²) >= 11 is 2.03. The van der Waals surface area contributed by atoms with Crippen LogP contribution < -0.4 is 16.4 Å². The number of primary sulfonamides is 1. The van der Waals surface area contributed by atoms with Gasteiger partial charge in [-0.1, -0.05) is 48.8 Å². The molecule has 0 aromatic carbocycles. The molecule has 0 radical (unpaired) electrons. The van der Waals surface area contributed by atoms with Crippen molar-refractivity contribution in [1.82, 2.24) is 9.55 Å². The molecule has 0 fully saturated rings. The van der Waals surface area contributed by atoms with Crippen molar-refractivity contribution in [3.05, 3.63) is 27.0 Å². The summed E-state index contributed by atoms with van der Waals surface area (Å²) in [4.78, 5) is 24.4. The fraction of sp³-hybridized carbons (Fsp3) is 0.600. The van der Waals surface area contributed by atoms with Crippen molar-refractivity contribution in [2.24, 2.45) is 5.14 Å². The topological polar surface area (TPSA) is 115 Å². The van der Waals surface area contributed by atoms with Crippen LogP contribution in [0, 0.1) is 0 Å². The van der Waals surface area contributed by atoms with Gasteiger partial charge >= 0.3 is 5.69 Å². The van der Waals surface area contributed by atoms with Crippen molar-refractivity contribution in [2.45, 2.75) is 41.6 Å². The quantitative estimate of drug-likeness (QED) is 0.415. The molecular formula is C10H16IN3O4S. The first kappa shape index (κ1) is 16.4. The summed E-state index contributed by atoms with van der Waals surface area (Å²) in [5, 5.41) is 4.93. The largest absolute Gasteiger partial charge is 0.329 e. The minimum atomic E-state index is -4.14. The van der Waals surface area contributed by atoms with E-state index in [4.69, 9.17) is 5.14 Å². The van der Waals surface area contributed by atoms with Crippen LogP contribution in [0.2, 0.25) is 0 Å². The van der Waals surface area contributed by atoms with E-state index in [9.17, 15) is 18.0 Å². The fourth-order valence-corrected chi connectivity index (χ4v) is 3.00. The summed E-state index contributed by atoms with van der Waals surface area (Å²) in [6.07, 6.45) is 4.72. The van der Waals surface area contributed by atoms with Gasteiger partial charge in [0.1, 0.15) is 0 Å². The summed E-state index contributed by atoms with van der Waals surface area (Å²) in [5.74, 6) is 0. The van der Waals surface area contributed by atoms with E-state index in [-0.39, 0.29) is 4.05 Å². The van der Waals surface area contributed by atoms with Crippen LogP contribution in [0.3, 0.4) is 0 Å². The second kappa shape index (κ2) is 6.66. The predicted octanol–water partition coefficient (Wildman–Crippen LogP) is 0.698. The van der Waals surface area contributed by atoms with Gasteiger partial charge in [-0.25, -0.2) is 18.4 Å². The lowest BCUT2D eigenvalue weighted by atomic mass is 10.2. The average molecular weight is 401 g/mol. The molecule has 0 aliphatic heterocycles. The number of aromatic nitrogens is 2. The molecule has 0 saturated heterocycles. The van der Waals surface area contributed by atoms with Gasteiger partial charge in [0.05, 0.1) is 4.05 Å². The van der Waals surface area contributed by atoms with Crippen LogP contribution in [0.5, 0.6) is 0 Å². The Balaban J connectivity index is 3.15. The normalized spacial score (nSPS) is 13.4. The van der Waals surface area contributed by atoms with Gasteiger partial charge in [-0.05, 0) is 6.42 Å². The van der Waals surface area contributed by atoms with E-state index < -0.39 is 26.2 Å². The number of hydrogen-bond donors (Lipinski definition) is 2. The Morgan fingerprint density at radius 2 is 2.05 bits per heavy atom. The molecule has 1 aromatic heterocycles. The maximum Gasteiger partial charge on any atom is 0.329 e. The maximum atomic E-state index is 11.7. The van der Waals surface area contributed by atoms with Gasteiger partial charge in [0, 0.05) is 6.20 Å². The van der Waals surface area contributed by atoms with Crippen LogP contribution in [-0.2, 0) is 10.0 Å². The maximum absolute atomic E-state index is 11.7. The van der Waals surface area contributed by atoms with Gasteiger partial charge in [0.25, 0.3) is 5.56 Å². The predicted molar refractivity (Wildman–Crippen MR) is 79.9 cm³/mol. The molecule has 0 saturated carbocycles. The van der Waals surface area contributed by atoms with Gasteiger partial charge in [-0.15, -0.1) is 0 Å². The van der Waals surface area contributed by atoms with E-state index in [0.29, 0.717) is 6.42 Å². The SMILES string of the molecule is CCCCCC(I)n1cc(S(N)(=O)=O)c(=O)[nH]c1=O. The number of H-pyrrole nitrogens is 1. The van der Waals surface area contributed by atoms with Crippen molar-refractivity contribution in [3.63, 3.8) is 0 Å². The zero-order valence-electron chi connectivity index (χ0n) is 10.4. The standard InChI is InChI=1S/C10H16IN3O4S/c1-2-3-4-5-8(11)14-6-7(19(12,17)18)9(15)13-10(14)16/h6,8H,2-5H2,1H3,(H2,12,17,18)(H,13,15,16). The molecule has 9 heteroatoms. The molecule has 108 valence electrons. The first-order valence-electron chi connectivity index (χ1n) is 5.79. The zero-order valence-corrected chi connectivity index (χ0v) is 13.4. The third-order valence-electron chi connectivity index (χ3n) is 2.59. The second-order valence-electron chi connectivity index (χ2n) is 4.14. The number of sulfonamides is 1. The number of unbranched alkanes of at least 4 members (excludes halogenated alkanes) is 2. The highest BCUT2D eigenvalue weighted by Crippen LogP contribution is 2.21. The second-order valence-corrected chi connectivity index (χ2v) is 7.10. The van der Waals surface area contributed by atoms with Crippen LogP contribution in [0.4, 0.5) is 0 Å². The number of nitrogens with one attached hydrogen (secondary N) is 1. The van der Waals surface area contributed by atoms with Gasteiger partial charge in [0.2, 0.25) is 10.0 Å². The van der Waals surface area contributed by atoms with Crippen LogP contribution >= 0.6 is 22.6 Å². The van der Waals surface area contributed by atoms with Gasteiger partial charge in [-0.3, -0.25) is 14.3 Å². The van der Waals surface area contributed by atoms with Crippen LogP contribution in [-0.4, -0.2) is 18.0 Å². The van der Waals surface area contributed by atoms with Crippen molar-refractivity contribution in [2.75, 3.05) is 0 Å². The Kier molecular flexibility index (Phi) is 5.74. The molecule has 19 heavy (non-hydrogen) atoms. The molecule has 7 nitrogen and oxygen atoms in total. The third-order valence-corrected chi connectivity index (χ3v) is 4.72. The molecule has 1 atom stereocenters. The molecule has 0 amide bonds. The third kappa shape index (κ3) is 4.42. The summed E-state index contributed by atoms with van der Waals surface area (Å²) in [5.41, 5.74) is -1.62. The number of hydrogen-bond acceptors (Lipinski definition) is 4. The number of aromatic amines is 1. The molecule has 1 heterocycles. The first-order valence-corrected chi connectivity index (χ1v) is 8.59. The van der Waals surface area contributed by atoms with Crippen LogP contribution in [0.15, 0.2) is 20.7 Å². The van der Waals surface area contributed by atoms with Crippen molar-refractivity contribution < 1.29 is 8.42 Å². The lowest BCUT2D eigenvalue weighted by Crippen LogP contribution is -2.35. The van der Waals surface area contributed by atoms with Gasteiger partial charge < -0.3 is 0 Å². The Hall–Kier alpha value is -0.680. The van der Waals surface area contributed by atoms with E-state index in [1.165, 1.54) is 4.57 Å². The first-order chi connectivity index (χ1) is 8.77. The smallest absolute Gasteiger partial charge is 0.287 e. The number of nitrogens with two attached hydrogens (primary N) is 1. The lowest BCUT2D eigenvalue weighted by Gasteiger charge is -2.13. The number of alkyl halides is 1. The summed E-state index contributed by atoms with van der Waals surface area (Å²) in [7, 11) is -4.14. The molecule has 0 bridgehead atoms. The summed E-state index contributed by atoms with van der Waals surface area (Å²) < 4.78 is 23.4. The van der Waals surface area contributed by atoms with Crippen LogP contribution in [0.25, 0.3) is 0 Å². The molecule has 3 N–H and O–H groups in total. The Labute approximate surface area is 124 Å². The minimum Gasteiger partial charge on any atom is -0.287 e. The Bertz CT molecular complexity index is 649. The fourth-order valence-electron chi connectivity index (χ4n) is 1.58. The summed E-state index contributed by atoms with van der Waals surface area (Å²) in [6.45, 7) is 2.06. The average Bonchev–Trinajstić information content (AvgIpc) is 2.27. The molecule has 0 spiro atoms. The number of rotatable bonds is 6. The van der Waals surface area contributed by atoms with Crippen molar-refractivity contribution in [3.8, 4) is 0 Å². The summed E-state index contributed by atoms with van der Waals surface area (Å²) in [6, 6.07) is 0. The molecule has 1 unspecified atom stereocenters. The number of nitrogens with zero attached hydrogens (tertiary/aromatic N) is 1. The highest BCUT2D eigenvalue weighted by Gasteiger charge is 2.18. The van der Waals surface area contributed by atoms with E-state index in [1.807, 2.05) is 27.6 Å². The van der Waals surface area contributed by atoms with Crippen molar-refractivity contribution in [1.29, 1.82) is 0 Å². The Morgan fingerprint density at radius 1 is 1.42 bits per heavy atom. The molecular weight excluding hydrogens is 385 g/mol. The van der Waals surface area contributed by atoms with Crippen molar-refractivity contribution >= 4 is 32.6 Å². The molecule has 0 aliphatic rings. The molecule has 0 aliphatic carbocycles. The lowest BCUT2D eigenvalue weighted by molar-refractivity contribution is 0.553. The van der Waals surface area contributed by atoms with E-state index >= 15 is 0 Å². The minimum absolute atomic E-state index is 0.228. The zero-order chi connectivity index (χ0) is 14.6. The highest BCUT2D eigenvalue weighted by molar-refractivity contribution is 14.1. The monoisotopic (exact) mass is 401 g/mol. The van der Waals surface area contributed by atoms with E-state index in [0.717, 1.165) is 25.5 Å². The van der Waals surface area contributed by atoms with Gasteiger partial charge in [-0.2, -0.15) is 0 Å². The van der Waals surface area contributed by atoms with Crippen LogP contribution in [0.1, 0.15) is 36.7 Å². The van der Waals surface area contributed by atoms with E-state index in [2.05, 4.69) is 6.92 Å². The van der Waals surface area contributed by atoms with E-state index in [1.54, 1.807) is 0 Å². The molecule has 1 aromatic rings. The number of halogens is 1. The van der Waals surface area contributed by atoms with Gasteiger partial charge in [0.15, 0.2) is 4.90 Å².